The topological polar surface area (TPSA) is 30.7 Å². The van der Waals surface area contributed by atoms with Crippen molar-refractivity contribution in [1.29, 1.82) is 0 Å². The molecule has 0 radical (unpaired) electrons. The molecule has 1 heterocycles. The summed E-state index contributed by atoms with van der Waals surface area (Å²) in [6.07, 6.45) is 0.960. The monoisotopic (exact) mass is 223 g/mol. The molecule has 3 rings (SSSR count). The first-order valence-corrected chi connectivity index (χ1v) is 5.76. The Labute approximate surface area is 99.7 Å². The van der Waals surface area contributed by atoms with Crippen LogP contribution in [0.4, 0.5) is 0 Å². The van der Waals surface area contributed by atoms with Gasteiger partial charge >= 0.3 is 0 Å². The Bertz CT molecular complexity index is 580. The summed E-state index contributed by atoms with van der Waals surface area (Å²) in [5, 5.41) is 8.87. The number of hydrogen-bond acceptors (Lipinski definition) is 2. The molecule has 3 nitrogen and oxygen atoms in total. The molecule has 0 saturated carbocycles. The molecule has 0 amide bonds. The van der Waals surface area contributed by atoms with Gasteiger partial charge in [0.05, 0.1) is 6.54 Å². The molecule has 0 aliphatic rings. The van der Waals surface area contributed by atoms with E-state index in [9.17, 15) is 0 Å². The zero-order valence-electron chi connectivity index (χ0n) is 9.45. The average Bonchev–Trinajstić information content (AvgIpc) is 2.80. The van der Waals surface area contributed by atoms with Gasteiger partial charge in [0.15, 0.2) is 0 Å². The lowest BCUT2D eigenvalue weighted by atomic mass is 10.2. The molecule has 84 valence electrons. The molecule has 0 aliphatic heterocycles. The Hall–Kier alpha value is -2.16. The summed E-state index contributed by atoms with van der Waals surface area (Å²) in [4.78, 5) is 1.78. The van der Waals surface area contributed by atoms with E-state index in [2.05, 4.69) is 34.5 Å². The van der Waals surface area contributed by atoms with Gasteiger partial charge in [0.2, 0.25) is 0 Å². The van der Waals surface area contributed by atoms with E-state index in [4.69, 9.17) is 0 Å². The van der Waals surface area contributed by atoms with Gasteiger partial charge in [-0.25, -0.2) is 0 Å². The fourth-order valence-corrected chi connectivity index (χ4v) is 1.88. The van der Waals surface area contributed by atoms with Crippen LogP contribution in [0.1, 0.15) is 5.56 Å². The van der Waals surface area contributed by atoms with Gasteiger partial charge in [-0.15, -0.1) is 0 Å². The van der Waals surface area contributed by atoms with E-state index in [-0.39, 0.29) is 0 Å². The number of aryl methyl sites for hydroxylation is 2. The Morgan fingerprint density at radius 3 is 2.00 bits per heavy atom. The minimum Gasteiger partial charge on any atom is -0.183 e. The van der Waals surface area contributed by atoms with Crippen LogP contribution in [-0.2, 0) is 13.0 Å². The van der Waals surface area contributed by atoms with Crippen LogP contribution in [0.2, 0.25) is 0 Å². The van der Waals surface area contributed by atoms with Crippen molar-refractivity contribution in [2.45, 2.75) is 13.0 Å². The SMILES string of the molecule is c1ccc(CCn2nc3ccccc3n2)cc1. The molecule has 1 aromatic heterocycles. The zero-order chi connectivity index (χ0) is 11.5. The number of aromatic nitrogens is 3. The van der Waals surface area contributed by atoms with Crippen LogP contribution in [0.25, 0.3) is 11.0 Å². The second-order valence-corrected chi connectivity index (χ2v) is 4.02. The van der Waals surface area contributed by atoms with E-state index < -0.39 is 0 Å². The Morgan fingerprint density at radius 1 is 0.765 bits per heavy atom. The third kappa shape index (κ3) is 2.18. The maximum atomic E-state index is 4.43. The third-order valence-electron chi connectivity index (χ3n) is 2.77. The third-order valence-corrected chi connectivity index (χ3v) is 2.77. The number of fused-ring (bicyclic) bond motifs is 1. The van der Waals surface area contributed by atoms with Crippen molar-refractivity contribution in [2.24, 2.45) is 0 Å². The number of benzene rings is 2. The van der Waals surface area contributed by atoms with Gasteiger partial charge < -0.3 is 0 Å². The van der Waals surface area contributed by atoms with Gasteiger partial charge in [-0.2, -0.15) is 15.0 Å². The van der Waals surface area contributed by atoms with E-state index in [1.807, 2.05) is 30.3 Å². The normalized spacial score (nSPS) is 10.8. The number of rotatable bonds is 3. The highest BCUT2D eigenvalue weighted by Crippen LogP contribution is 2.08. The Kier molecular flexibility index (Phi) is 2.58. The lowest BCUT2D eigenvalue weighted by Gasteiger charge is -1.99. The molecule has 0 unspecified atom stereocenters. The van der Waals surface area contributed by atoms with E-state index >= 15 is 0 Å². The molecule has 0 N–H and O–H groups in total. The van der Waals surface area contributed by atoms with Gasteiger partial charge in [0, 0.05) is 0 Å². The molecule has 3 heteroatoms. The highest BCUT2D eigenvalue weighted by atomic mass is 15.5. The van der Waals surface area contributed by atoms with E-state index in [0.29, 0.717) is 0 Å². The molecule has 0 atom stereocenters. The van der Waals surface area contributed by atoms with Gasteiger partial charge in [-0.3, -0.25) is 0 Å². The van der Waals surface area contributed by atoms with E-state index in [0.717, 1.165) is 24.0 Å². The molecule has 2 aromatic carbocycles. The van der Waals surface area contributed by atoms with Crippen molar-refractivity contribution in [3.8, 4) is 0 Å². The average molecular weight is 223 g/mol. The standard InChI is InChI=1S/C14H13N3/c1-2-6-12(7-3-1)10-11-17-15-13-8-4-5-9-14(13)16-17/h1-9H,10-11H2. The largest absolute Gasteiger partial charge is 0.183 e. The summed E-state index contributed by atoms with van der Waals surface area (Å²) < 4.78 is 0. The van der Waals surface area contributed by atoms with Crippen LogP contribution in [0, 0.1) is 0 Å². The summed E-state index contributed by atoms with van der Waals surface area (Å²) in [6, 6.07) is 18.3. The molecule has 0 spiro atoms. The summed E-state index contributed by atoms with van der Waals surface area (Å²) >= 11 is 0. The number of nitrogens with zero attached hydrogens (tertiary/aromatic N) is 3. The first-order chi connectivity index (χ1) is 8.42. The quantitative estimate of drug-likeness (QED) is 0.683. The minimum atomic E-state index is 0.818. The minimum absolute atomic E-state index is 0.818. The zero-order valence-corrected chi connectivity index (χ0v) is 9.45. The number of hydrogen-bond donors (Lipinski definition) is 0. The smallest absolute Gasteiger partial charge is 0.113 e. The Balaban J connectivity index is 1.77. The summed E-state index contributed by atoms with van der Waals surface area (Å²) in [5.41, 5.74) is 3.23. The maximum absolute atomic E-state index is 4.43. The maximum Gasteiger partial charge on any atom is 0.113 e. The highest BCUT2D eigenvalue weighted by molar-refractivity contribution is 5.72. The lowest BCUT2D eigenvalue weighted by Crippen LogP contribution is -2.04. The van der Waals surface area contributed by atoms with Gasteiger partial charge in [-0.1, -0.05) is 42.5 Å². The van der Waals surface area contributed by atoms with Crippen LogP contribution < -0.4 is 0 Å². The van der Waals surface area contributed by atoms with Crippen LogP contribution in [-0.4, -0.2) is 15.0 Å². The van der Waals surface area contributed by atoms with E-state index in [1.54, 1.807) is 4.80 Å². The molecule has 0 fully saturated rings. The fourth-order valence-electron chi connectivity index (χ4n) is 1.88. The lowest BCUT2D eigenvalue weighted by molar-refractivity contribution is 0.544. The van der Waals surface area contributed by atoms with Crippen LogP contribution in [0.3, 0.4) is 0 Å². The Morgan fingerprint density at radius 2 is 1.35 bits per heavy atom. The first-order valence-electron chi connectivity index (χ1n) is 5.76. The van der Waals surface area contributed by atoms with Crippen molar-refractivity contribution in [2.75, 3.05) is 0 Å². The van der Waals surface area contributed by atoms with Crippen LogP contribution in [0.5, 0.6) is 0 Å². The molecular weight excluding hydrogens is 210 g/mol. The predicted octanol–water partition coefficient (Wildman–Crippen LogP) is 2.67. The highest BCUT2D eigenvalue weighted by Gasteiger charge is 2.01. The fraction of sp³-hybridized carbons (Fsp3) is 0.143. The van der Waals surface area contributed by atoms with Crippen LogP contribution in [0.15, 0.2) is 54.6 Å². The molecule has 0 bridgehead atoms. The second-order valence-electron chi connectivity index (χ2n) is 4.02. The molecular formula is C14H13N3. The van der Waals surface area contributed by atoms with Crippen molar-refractivity contribution >= 4 is 11.0 Å². The van der Waals surface area contributed by atoms with Crippen molar-refractivity contribution in [3.63, 3.8) is 0 Å². The molecule has 3 aromatic rings. The van der Waals surface area contributed by atoms with Crippen molar-refractivity contribution in [1.82, 2.24) is 15.0 Å². The molecule has 0 aliphatic carbocycles. The van der Waals surface area contributed by atoms with Gasteiger partial charge in [0.1, 0.15) is 11.0 Å². The summed E-state index contributed by atoms with van der Waals surface area (Å²) in [7, 11) is 0. The predicted molar refractivity (Wildman–Crippen MR) is 67.7 cm³/mol. The first kappa shape index (κ1) is 10.0. The van der Waals surface area contributed by atoms with Crippen LogP contribution >= 0.6 is 0 Å². The van der Waals surface area contributed by atoms with Crippen molar-refractivity contribution in [3.05, 3.63) is 60.2 Å². The van der Waals surface area contributed by atoms with E-state index in [1.165, 1.54) is 5.56 Å². The summed E-state index contributed by atoms with van der Waals surface area (Å²) in [6.45, 7) is 0.818. The summed E-state index contributed by atoms with van der Waals surface area (Å²) in [5.74, 6) is 0. The van der Waals surface area contributed by atoms with Crippen molar-refractivity contribution < 1.29 is 0 Å². The molecule has 17 heavy (non-hydrogen) atoms. The van der Waals surface area contributed by atoms with Gasteiger partial charge in [0.25, 0.3) is 0 Å². The molecule has 0 saturated heterocycles. The van der Waals surface area contributed by atoms with Gasteiger partial charge in [-0.05, 0) is 24.1 Å². The second kappa shape index (κ2) is 4.37.